The predicted octanol–water partition coefficient (Wildman–Crippen LogP) is 1.29. The van der Waals surface area contributed by atoms with Crippen LogP contribution in [0.25, 0.3) is 5.69 Å². The van der Waals surface area contributed by atoms with Crippen LogP contribution in [-0.2, 0) is 4.79 Å². The summed E-state index contributed by atoms with van der Waals surface area (Å²) < 4.78 is 12.3. The van der Waals surface area contributed by atoms with Crippen molar-refractivity contribution >= 4 is 11.8 Å². The number of tetrazole rings is 1. The average molecular weight is 396 g/mol. The highest BCUT2D eigenvalue weighted by Gasteiger charge is 2.18. The van der Waals surface area contributed by atoms with E-state index in [1.54, 1.807) is 55.5 Å². The molecule has 1 atom stereocenters. The van der Waals surface area contributed by atoms with Crippen molar-refractivity contribution in [2.24, 2.45) is 0 Å². The van der Waals surface area contributed by atoms with Gasteiger partial charge in [0, 0.05) is 0 Å². The van der Waals surface area contributed by atoms with Crippen LogP contribution in [0.15, 0.2) is 54.9 Å². The normalized spacial score (nSPS) is 11.4. The summed E-state index contributed by atoms with van der Waals surface area (Å²) in [6.45, 7) is 4.04. The van der Waals surface area contributed by atoms with Crippen molar-refractivity contribution in [3.05, 3.63) is 60.4 Å². The second-order valence-electron chi connectivity index (χ2n) is 5.88. The summed E-state index contributed by atoms with van der Waals surface area (Å²) >= 11 is 0. The Balaban J connectivity index is 1.57. The van der Waals surface area contributed by atoms with Gasteiger partial charge in [-0.15, -0.1) is 5.10 Å². The number of carbonyl (C=O) groups excluding carboxylic acids is 2. The molecule has 29 heavy (non-hydrogen) atoms. The van der Waals surface area contributed by atoms with Crippen LogP contribution in [0.1, 0.15) is 24.2 Å². The van der Waals surface area contributed by atoms with Gasteiger partial charge in [-0.05, 0) is 60.7 Å². The van der Waals surface area contributed by atoms with E-state index >= 15 is 0 Å². The summed E-state index contributed by atoms with van der Waals surface area (Å²) in [5.74, 6) is 0.196. The molecule has 0 saturated heterocycles. The molecule has 0 unspecified atom stereocenters. The van der Waals surface area contributed by atoms with Gasteiger partial charge in [0.2, 0.25) is 0 Å². The van der Waals surface area contributed by atoms with Gasteiger partial charge in [-0.25, -0.2) is 0 Å². The Hall–Kier alpha value is -3.95. The fourth-order valence-electron chi connectivity index (χ4n) is 2.46. The van der Waals surface area contributed by atoms with Crippen LogP contribution in [-0.4, -0.2) is 44.7 Å². The maximum atomic E-state index is 12.5. The van der Waals surface area contributed by atoms with Crippen LogP contribution in [0.4, 0.5) is 0 Å². The first-order valence-corrected chi connectivity index (χ1v) is 8.90. The second-order valence-corrected chi connectivity index (χ2v) is 5.88. The van der Waals surface area contributed by atoms with Crippen LogP contribution >= 0.6 is 0 Å². The van der Waals surface area contributed by atoms with Crippen molar-refractivity contribution in [3.63, 3.8) is 0 Å². The number of hydrogen-bond acceptors (Lipinski definition) is 7. The Morgan fingerprint density at radius 3 is 2.48 bits per heavy atom. The number of amides is 2. The highest BCUT2D eigenvalue weighted by atomic mass is 16.5. The molecule has 2 amide bonds. The molecule has 0 saturated carbocycles. The smallest absolute Gasteiger partial charge is 0.279 e. The molecule has 0 bridgehead atoms. The Morgan fingerprint density at radius 2 is 1.79 bits per heavy atom. The molecule has 2 aromatic carbocycles. The summed E-state index contributed by atoms with van der Waals surface area (Å²) in [4.78, 5) is 24.7. The lowest BCUT2D eigenvalue weighted by molar-refractivity contribution is -0.128. The van der Waals surface area contributed by atoms with Gasteiger partial charge in [0.25, 0.3) is 11.8 Å². The average Bonchev–Trinajstić information content (AvgIpc) is 3.28. The van der Waals surface area contributed by atoms with E-state index in [1.165, 1.54) is 11.0 Å². The number of rotatable bonds is 7. The highest BCUT2D eigenvalue weighted by molar-refractivity contribution is 5.98. The summed E-state index contributed by atoms with van der Waals surface area (Å²) in [5.41, 5.74) is 5.50. The maximum Gasteiger partial charge on any atom is 0.279 e. The Labute approximate surface area is 166 Å². The fourth-order valence-corrected chi connectivity index (χ4v) is 2.46. The molecule has 10 nitrogen and oxygen atoms in total. The predicted molar refractivity (Wildman–Crippen MR) is 102 cm³/mol. The molecule has 3 rings (SSSR count). The van der Waals surface area contributed by atoms with Crippen molar-refractivity contribution in [1.29, 1.82) is 0 Å². The third-order valence-corrected chi connectivity index (χ3v) is 3.86. The SMILES string of the molecule is CCOc1ccc(O[C@@H](C)C(=O)NNC(=O)c2ccccc2-n2cnnn2)cc1. The molecule has 0 radical (unpaired) electrons. The van der Waals surface area contributed by atoms with Gasteiger partial charge in [0.15, 0.2) is 6.10 Å². The molecule has 3 aromatic rings. The first-order chi connectivity index (χ1) is 14.1. The van der Waals surface area contributed by atoms with E-state index in [0.717, 1.165) is 0 Å². The number of hydrazine groups is 1. The zero-order chi connectivity index (χ0) is 20.6. The number of nitrogens with one attached hydrogen (secondary N) is 2. The van der Waals surface area contributed by atoms with E-state index in [9.17, 15) is 9.59 Å². The number of aromatic nitrogens is 4. The molecule has 0 spiro atoms. The molecule has 2 N–H and O–H groups in total. The van der Waals surface area contributed by atoms with E-state index in [1.807, 2.05) is 6.92 Å². The highest BCUT2D eigenvalue weighted by Crippen LogP contribution is 2.18. The lowest BCUT2D eigenvalue weighted by atomic mass is 10.1. The lowest BCUT2D eigenvalue weighted by Gasteiger charge is -2.16. The third kappa shape index (κ3) is 5.06. The topological polar surface area (TPSA) is 120 Å². The number of benzene rings is 2. The molecule has 0 fully saturated rings. The van der Waals surface area contributed by atoms with Gasteiger partial charge in [-0.2, -0.15) is 4.68 Å². The minimum absolute atomic E-state index is 0.292. The van der Waals surface area contributed by atoms with E-state index in [2.05, 4.69) is 26.4 Å². The standard InChI is InChI=1S/C19H20N6O4/c1-3-28-14-8-10-15(11-9-14)29-13(2)18(26)21-22-19(27)16-6-4-5-7-17(16)25-12-20-23-24-25/h4-13H,3H2,1-2H3,(H,21,26)(H,22,27)/t13-/m0/s1. The van der Waals surface area contributed by atoms with Gasteiger partial charge in [-0.1, -0.05) is 12.1 Å². The minimum Gasteiger partial charge on any atom is -0.494 e. The molecule has 0 aliphatic carbocycles. The lowest BCUT2D eigenvalue weighted by Crippen LogP contribution is -2.47. The van der Waals surface area contributed by atoms with Crippen molar-refractivity contribution < 1.29 is 19.1 Å². The summed E-state index contributed by atoms with van der Waals surface area (Å²) in [6.07, 6.45) is 0.542. The summed E-state index contributed by atoms with van der Waals surface area (Å²) in [6, 6.07) is 13.6. The van der Waals surface area contributed by atoms with E-state index < -0.39 is 17.9 Å². The number of ether oxygens (including phenoxy) is 2. The quantitative estimate of drug-likeness (QED) is 0.577. The van der Waals surface area contributed by atoms with Crippen molar-refractivity contribution in [2.75, 3.05) is 6.61 Å². The monoisotopic (exact) mass is 396 g/mol. The maximum absolute atomic E-state index is 12.5. The molecule has 1 aromatic heterocycles. The van der Waals surface area contributed by atoms with Crippen LogP contribution < -0.4 is 20.3 Å². The fraction of sp³-hybridized carbons (Fsp3) is 0.211. The number of carbonyl (C=O) groups is 2. The van der Waals surface area contributed by atoms with Gasteiger partial charge in [0.1, 0.15) is 17.8 Å². The first-order valence-electron chi connectivity index (χ1n) is 8.90. The van der Waals surface area contributed by atoms with Crippen molar-refractivity contribution in [2.45, 2.75) is 20.0 Å². The van der Waals surface area contributed by atoms with Gasteiger partial charge in [0.05, 0.1) is 17.9 Å². The zero-order valence-electron chi connectivity index (χ0n) is 15.9. The molecule has 10 heteroatoms. The molecular weight excluding hydrogens is 376 g/mol. The zero-order valence-corrected chi connectivity index (χ0v) is 15.9. The van der Waals surface area contributed by atoms with Crippen LogP contribution in [0.3, 0.4) is 0 Å². The van der Waals surface area contributed by atoms with E-state index in [-0.39, 0.29) is 0 Å². The largest absolute Gasteiger partial charge is 0.494 e. The van der Waals surface area contributed by atoms with Gasteiger partial charge in [-0.3, -0.25) is 20.4 Å². The van der Waals surface area contributed by atoms with Gasteiger partial charge < -0.3 is 9.47 Å². The number of para-hydroxylation sites is 1. The Kier molecular flexibility index (Phi) is 6.36. The molecular formula is C19H20N6O4. The number of hydrogen-bond donors (Lipinski definition) is 2. The minimum atomic E-state index is -0.831. The van der Waals surface area contributed by atoms with E-state index in [4.69, 9.17) is 9.47 Å². The number of nitrogens with zero attached hydrogens (tertiary/aromatic N) is 4. The Bertz CT molecular complexity index is 959. The van der Waals surface area contributed by atoms with Crippen LogP contribution in [0.2, 0.25) is 0 Å². The second kappa shape index (κ2) is 9.31. The third-order valence-electron chi connectivity index (χ3n) is 3.86. The molecule has 1 heterocycles. The molecule has 150 valence electrons. The molecule has 0 aliphatic heterocycles. The molecule has 0 aliphatic rings. The summed E-state index contributed by atoms with van der Waals surface area (Å²) in [5, 5.41) is 10.9. The van der Waals surface area contributed by atoms with Crippen LogP contribution in [0.5, 0.6) is 11.5 Å². The van der Waals surface area contributed by atoms with E-state index in [0.29, 0.717) is 29.4 Å². The first kappa shape index (κ1) is 19.8. The Morgan fingerprint density at radius 1 is 1.07 bits per heavy atom. The van der Waals surface area contributed by atoms with Crippen LogP contribution in [0, 0.1) is 0 Å². The summed E-state index contributed by atoms with van der Waals surface area (Å²) in [7, 11) is 0. The van der Waals surface area contributed by atoms with Crippen molar-refractivity contribution in [3.8, 4) is 17.2 Å². The van der Waals surface area contributed by atoms with Gasteiger partial charge >= 0.3 is 0 Å². The van der Waals surface area contributed by atoms with Crippen molar-refractivity contribution in [1.82, 2.24) is 31.1 Å².